The van der Waals surface area contributed by atoms with Crippen LogP contribution in [0.4, 0.5) is 18.0 Å². The number of aryl methyl sites for hydroxylation is 1. The number of halogens is 4. The third-order valence-corrected chi connectivity index (χ3v) is 6.93. The molecule has 0 aliphatic heterocycles. The van der Waals surface area contributed by atoms with Gasteiger partial charge in [0.1, 0.15) is 4.34 Å². The highest BCUT2D eigenvalue weighted by Crippen LogP contribution is 2.36. The Bertz CT molecular complexity index is 1250. The van der Waals surface area contributed by atoms with Crippen LogP contribution in [-0.4, -0.2) is 49.9 Å². The summed E-state index contributed by atoms with van der Waals surface area (Å²) in [7, 11) is 1.73. The molecule has 36 heavy (non-hydrogen) atoms. The van der Waals surface area contributed by atoms with Crippen molar-refractivity contribution >= 4 is 34.9 Å². The topological polar surface area (TPSA) is 87.5 Å². The van der Waals surface area contributed by atoms with E-state index in [9.17, 15) is 27.9 Å². The summed E-state index contributed by atoms with van der Waals surface area (Å²) < 4.78 is 42.8. The van der Waals surface area contributed by atoms with Crippen molar-refractivity contribution < 1.29 is 27.9 Å². The smallest absolute Gasteiger partial charge is 0.416 e. The van der Waals surface area contributed by atoms with Crippen molar-refractivity contribution in [2.75, 3.05) is 6.54 Å². The van der Waals surface area contributed by atoms with Gasteiger partial charge in [0.2, 0.25) is 0 Å². The number of carboxylic acid groups (broad SMARTS) is 1. The lowest BCUT2D eigenvalue weighted by Gasteiger charge is -2.36. The van der Waals surface area contributed by atoms with Crippen molar-refractivity contribution in [2.24, 2.45) is 7.05 Å². The molecule has 0 fully saturated rings. The normalized spacial score (nSPS) is 12.9. The Balaban J connectivity index is 1.94. The average Bonchev–Trinajstić information content (AvgIpc) is 3.35. The number of carbonyl (C=O) groups is 2. The van der Waals surface area contributed by atoms with E-state index in [1.807, 2.05) is 0 Å². The number of aromatic nitrogens is 2. The number of benzene rings is 1. The largest absolute Gasteiger partial charge is 0.465 e. The molecule has 7 nitrogen and oxygen atoms in total. The fourth-order valence-corrected chi connectivity index (χ4v) is 5.01. The highest BCUT2D eigenvalue weighted by molar-refractivity contribution is 7.18. The Morgan fingerprint density at radius 1 is 1.22 bits per heavy atom. The van der Waals surface area contributed by atoms with Crippen molar-refractivity contribution in [3.63, 3.8) is 0 Å². The monoisotopic (exact) mass is 542 g/mol. The highest BCUT2D eigenvalue weighted by Gasteiger charge is 2.35. The summed E-state index contributed by atoms with van der Waals surface area (Å²) in [6, 6.07) is 7.42. The van der Waals surface area contributed by atoms with Gasteiger partial charge in [-0.2, -0.15) is 18.3 Å². The first-order valence-electron chi connectivity index (χ1n) is 10.9. The van der Waals surface area contributed by atoms with E-state index in [0.717, 1.165) is 22.3 Å². The SMILES string of the molecule is Cn1nccc1-c1cc(C(=O)N[C@@H](Cc2ccccc2C(F)(F)F)CN(C(=O)O)C(C)(C)C)sc1Cl. The van der Waals surface area contributed by atoms with Gasteiger partial charge in [-0.1, -0.05) is 29.8 Å². The first-order chi connectivity index (χ1) is 16.7. The fourth-order valence-electron chi connectivity index (χ4n) is 3.81. The Kier molecular flexibility index (Phi) is 8.04. The molecule has 1 aromatic carbocycles. The van der Waals surface area contributed by atoms with Gasteiger partial charge in [0, 0.05) is 30.9 Å². The molecule has 3 rings (SSSR count). The van der Waals surface area contributed by atoms with Crippen LogP contribution in [0.25, 0.3) is 11.3 Å². The third-order valence-electron chi connectivity index (χ3n) is 5.58. The van der Waals surface area contributed by atoms with Crippen LogP contribution in [0.2, 0.25) is 4.34 Å². The van der Waals surface area contributed by atoms with Gasteiger partial charge in [-0.3, -0.25) is 9.48 Å². The third kappa shape index (κ3) is 6.38. The van der Waals surface area contributed by atoms with E-state index in [2.05, 4.69) is 10.4 Å². The minimum atomic E-state index is -4.60. The van der Waals surface area contributed by atoms with Crippen molar-refractivity contribution in [1.29, 1.82) is 0 Å². The standard InChI is InChI=1S/C24H26ClF3N4O3S/c1-23(2,3)32(22(34)35)13-15(11-14-7-5-6-8-17(14)24(26,27)28)30-21(33)19-12-16(20(25)36-19)18-9-10-29-31(18)4/h5-10,12,15H,11,13H2,1-4H3,(H,30,33)(H,34,35)/t15-/m0/s1. The van der Waals surface area contributed by atoms with Gasteiger partial charge in [0.25, 0.3) is 5.91 Å². The lowest BCUT2D eigenvalue weighted by Crippen LogP contribution is -2.53. The average molecular weight is 543 g/mol. The zero-order chi connectivity index (χ0) is 26.8. The second-order valence-electron chi connectivity index (χ2n) is 9.23. The summed E-state index contributed by atoms with van der Waals surface area (Å²) in [5.41, 5.74) is -0.450. The molecule has 1 atom stereocenters. The van der Waals surface area contributed by atoms with E-state index >= 15 is 0 Å². The molecule has 0 unspecified atom stereocenters. The molecule has 3 aromatic rings. The molecule has 2 amide bonds. The quantitative estimate of drug-likeness (QED) is 0.387. The summed E-state index contributed by atoms with van der Waals surface area (Å²) in [4.78, 5) is 26.4. The number of carbonyl (C=O) groups excluding carboxylic acids is 1. The minimum absolute atomic E-state index is 0.0469. The van der Waals surface area contributed by atoms with Gasteiger partial charge < -0.3 is 15.3 Å². The number of amides is 2. The number of hydrogen-bond acceptors (Lipinski definition) is 4. The molecule has 0 saturated carbocycles. The lowest BCUT2D eigenvalue weighted by molar-refractivity contribution is -0.138. The Morgan fingerprint density at radius 3 is 2.44 bits per heavy atom. The zero-order valence-corrected chi connectivity index (χ0v) is 21.6. The minimum Gasteiger partial charge on any atom is -0.465 e. The van der Waals surface area contributed by atoms with Gasteiger partial charge in [-0.05, 0) is 51.0 Å². The first-order valence-corrected chi connectivity index (χ1v) is 12.1. The molecule has 2 heterocycles. The second-order valence-corrected chi connectivity index (χ2v) is 10.9. The Hall–Kier alpha value is -3.05. The molecule has 0 bridgehead atoms. The summed E-state index contributed by atoms with van der Waals surface area (Å²) in [6.07, 6.45) is -4.48. The van der Waals surface area contributed by atoms with Crippen molar-refractivity contribution in [3.8, 4) is 11.3 Å². The Labute approximate surface area is 215 Å². The van der Waals surface area contributed by atoms with E-state index in [1.54, 1.807) is 50.8 Å². The van der Waals surface area contributed by atoms with E-state index in [1.165, 1.54) is 18.2 Å². The predicted molar refractivity (Wildman–Crippen MR) is 132 cm³/mol. The molecular weight excluding hydrogens is 517 g/mol. The number of nitrogens with one attached hydrogen (secondary N) is 1. The summed E-state index contributed by atoms with van der Waals surface area (Å²) in [5.74, 6) is -0.566. The van der Waals surface area contributed by atoms with Gasteiger partial charge in [0.05, 0.1) is 22.2 Å². The molecule has 2 N–H and O–H groups in total. The van der Waals surface area contributed by atoms with E-state index in [4.69, 9.17) is 11.6 Å². The van der Waals surface area contributed by atoms with Gasteiger partial charge in [0.15, 0.2) is 0 Å². The zero-order valence-electron chi connectivity index (χ0n) is 20.1. The lowest BCUT2D eigenvalue weighted by atomic mass is 9.97. The van der Waals surface area contributed by atoms with Crippen molar-refractivity contribution in [3.05, 3.63) is 62.9 Å². The number of thiophene rings is 1. The Morgan fingerprint density at radius 2 is 1.89 bits per heavy atom. The van der Waals surface area contributed by atoms with Gasteiger partial charge in [-0.15, -0.1) is 11.3 Å². The molecule has 0 aliphatic carbocycles. The first kappa shape index (κ1) is 27.5. The van der Waals surface area contributed by atoms with E-state index < -0.39 is 35.3 Å². The van der Waals surface area contributed by atoms with Gasteiger partial charge in [-0.25, -0.2) is 4.79 Å². The van der Waals surface area contributed by atoms with Crippen LogP contribution in [0.15, 0.2) is 42.6 Å². The van der Waals surface area contributed by atoms with Crippen molar-refractivity contribution in [1.82, 2.24) is 20.0 Å². The predicted octanol–water partition coefficient (Wildman–Crippen LogP) is 5.94. The molecule has 194 valence electrons. The summed E-state index contributed by atoms with van der Waals surface area (Å²) >= 11 is 7.38. The number of alkyl halides is 3. The van der Waals surface area contributed by atoms with Crippen LogP contribution in [0, 0.1) is 0 Å². The molecule has 12 heteroatoms. The number of hydrogen-bond donors (Lipinski definition) is 2. The van der Waals surface area contributed by atoms with Crippen LogP contribution in [0.1, 0.15) is 41.6 Å². The van der Waals surface area contributed by atoms with Crippen LogP contribution in [0.5, 0.6) is 0 Å². The molecule has 0 saturated heterocycles. The number of rotatable bonds is 7. The van der Waals surface area contributed by atoms with Crippen molar-refractivity contribution in [2.45, 2.75) is 44.9 Å². The van der Waals surface area contributed by atoms with Crippen LogP contribution >= 0.6 is 22.9 Å². The highest BCUT2D eigenvalue weighted by atomic mass is 35.5. The number of nitrogens with zero attached hydrogens (tertiary/aromatic N) is 3. The van der Waals surface area contributed by atoms with Crippen LogP contribution in [0.3, 0.4) is 0 Å². The van der Waals surface area contributed by atoms with Crippen LogP contribution < -0.4 is 5.32 Å². The molecule has 2 aromatic heterocycles. The molecule has 0 spiro atoms. The summed E-state index contributed by atoms with van der Waals surface area (Å²) in [6.45, 7) is 4.79. The summed E-state index contributed by atoms with van der Waals surface area (Å²) in [5, 5.41) is 16.6. The maximum Gasteiger partial charge on any atom is 0.416 e. The fraction of sp³-hybridized carbons (Fsp3) is 0.375. The van der Waals surface area contributed by atoms with Gasteiger partial charge >= 0.3 is 12.3 Å². The second kappa shape index (κ2) is 10.5. The molecule has 0 aliphatic rings. The maximum absolute atomic E-state index is 13.6. The maximum atomic E-state index is 13.6. The van der Waals surface area contributed by atoms with E-state index in [-0.39, 0.29) is 23.4 Å². The molecule has 0 radical (unpaired) electrons. The van der Waals surface area contributed by atoms with E-state index in [0.29, 0.717) is 15.6 Å². The molecular formula is C24H26ClF3N4O3S. The van der Waals surface area contributed by atoms with Crippen LogP contribution in [-0.2, 0) is 19.6 Å².